The van der Waals surface area contributed by atoms with Crippen molar-refractivity contribution < 1.29 is 14.3 Å². The molecule has 4 nitrogen and oxygen atoms in total. The van der Waals surface area contributed by atoms with Gasteiger partial charge in [-0.25, -0.2) is 0 Å². The van der Waals surface area contributed by atoms with Gasteiger partial charge < -0.3 is 14.4 Å². The number of carbonyl (C=O) groups excluding carboxylic acids is 1. The van der Waals surface area contributed by atoms with Gasteiger partial charge in [0.15, 0.2) is 0 Å². The van der Waals surface area contributed by atoms with Crippen LogP contribution in [0.4, 0.5) is 0 Å². The van der Waals surface area contributed by atoms with E-state index in [0.717, 1.165) is 45.1 Å². The van der Waals surface area contributed by atoms with E-state index in [1.807, 2.05) is 4.90 Å². The van der Waals surface area contributed by atoms with Crippen LogP contribution in [0.3, 0.4) is 0 Å². The molecule has 1 aliphatic carbocycles. The van der Waals surface area contributed by atoms with Crippen molar-refractivity contribution in [3.05, 3.63) is 0 Å². The van der Waals surface area contributed by atoms with Gasteiger partial charge in [0.25, 0.3) is 0 Å². The number of ether oxygens (including phenoxy) is 2. The van der Waals surface area contributed by atoms with Gasteiger partial charge in [0.05, 0.1) is 18.6 Å². The van der Waals surface area contributed by atoms with Crippen molar-refractivity contribution in [3.63, 3.8) is 0 Å². The van der Waals surface area contributed by atoms with Crippen LogP contribution in [0.1, 0.15) is 25.7 Å². The first-order valence-electron chi connectivity index (χ1n) is 6.81. The zero-order valence-corrected chi connectivity index (χ0v) is 10.3. The van der Waals surface area contributed by atoms with E-state index in [4.69, 9.17) is 9.47 Å². The molecule has 1 amide bonds. The van der Waals surface area contributed by atoms with Gasteiger partial charge in [-0.05, 0) is 31.6 Å². The normalized spacial score (nSPS) is 33.3. The Morgan fingerprint density at radius 1 is 1.29 bits per heavy atom. The van der Waals surface area contributed by atoms with Crippen LogP contribution in [0, 0.1) is 11.8 Å². The Balaban J connectivity index is 1.43. The number of hydrogen-bond donors (Lipinski definition) is 0. The first kappa shape index (κ1) is 11.5. The third-order valence-corrected chi connectivity index (χ3v) is 4.00. The summed E-state index contributed by atoms with van der Waals surface area (Å²) in [6.07, 6.45) is 4.83. The minimum absolute atomic E-state index is 0.109. The van der Waals surface area contributed by atoms with Gasteiger partial charge in [-0.2, -0.15) is 0 Å². The van der Waals surface area contributed by atoms with Crippen LogP contribution in [0.15, 0.2) is 0 Å². The average molecular weight is 239 g/mol. The molecule has 2 atom stereocenters. The molecule has 2 heterocycles. The Bertz CT molecular complexity index is 284. The summed E-state index contributed by atoms with van der Waals surface area (Å²) in [5.41, 5.74) is 0. The third-order valence-electron chi connectivity index (χ3n) is 4.00. The summed E-state index contributed by atoms with van der Waals surface area (Å²) in [6.45, 7) is 3.92. The second-order valence-corrected chi connectivity index (χ2v) is 5.53. The fourth-order valence-corrected chi connectivity index (χ4v) is 2.61. The van der Waals surface area contributed by atoms with E-state index in [9.17, 15) is 4.79 Å². The summed E-state index contributed by atoms with van der Waals surface area (Å²) in [5, 5.41) is 0. The molecule has 17 heavy (non-hydrogen) atoms. The van der Waals surface area contributed by atoms with Crippen LogP contribution in [0.5, 0.6) is 0 Å². The second kappa shape index (κ2) is 4.94. The lowest BCUT2D eigenvalue weighted by Gasteiger charge is -2.19. The van der Waals surface area contributed by atoms with E-state index in [-0.39, 0.29) is 17.9 Å². The standard InChI is InChI=1S/C13H21NO3/c15-13(11-4-6-16-9-11)14-5-3-12(7-14)17-8-10-1-2-10/h10-12H,1-9H2/t11-,12-/m1/s1. The van der Waals surface area contributed by atoms with E-state index in [0.29, 0.717) is 6.61 Å². The van der Waals surface area contributed by atoms with E-state index in [1.165, 1.54) is 12.8 Å². The number of amides is 1. The Hall–Kier alpha value is -0.610. The first-order valence-corrected chi connectivity index (χ1v) is 6.81. The highest BCUT2D eigenvalue weighted by molar-refractivity contribution is 5.79. The van der Waals surface area contributed by atoms with Crippen molar-refractivity contribution in [2.75, 3.05) is 32.9 Å². The van der Waals surface area contributed by atoms with E-state index >= 15 is 0 Å². The minimum Gasteiger partial charge on any atom is -0.381 e. The largest absolute Gasteiger partial charge is 0.381 e. The number of hydrogen-bond acceptors (Lipinski definition) is 3. The van der Waals surface area contributed by atoms with Crippen LogP contribution in [-0.4, -0.2) is 49.8 Å². The topological polar surface area (TPSA) is 38.8 Å². The van der Waals surface area contributed by atoms with Crippen LogP contribution >= 0.6 is 0 Å². The molecular weight excluding hydrogens is 218 g/mol. The molecule has 2 aliphatic heterocycles. The molecule has 1 saturated carbocycles. The van der Waals surface area contributed by atoms with Crippen LogP contribution in [0.25, 0.3) is 0 Å². The second-order valence-electron chi connectivity index (χ2n) is 5.53. The number of nitrogens with zero attached hydrogens (tertiary/aromatic N) is 1. The highest BCUT2D eigenvalue weighted by Gasteiger charge is 2.33. The Kier molecular flexibility index (Phi) is 3.34. The Morgan fingerprint density at radius 2 is 2.18 bits per heavy atom. The predicted octanol–water partition coefficient (Wildman–Crippen LogP) is 1.05. The zero-order chi connectivity index (χ0) is 11.7. The maximum absolute atomic E-state index is 12.1. The van der Waals surface area contributed by atoms with Crippen molar-refractivity contribution in [1.29, 1.82) is 0 Å². The van der Waals surface area contributed by atoms with Gasteiger partial charge in [0.1, 0.15) is 0 Å². The fourth-order valence-electron chi connectivity index (χ4n) is 2.61. The summed E-state index contributed by atoms with van der Waals surface area (Å²) in [7, 11) is 0. The molecule has 0 bridgehead atoms. The number of carbonyl (C=O) groups is 1. The highest BCUT2D eigenvalue weighted by atomic mass is 16.5. The maximum atomic E-state index is 12.1. The summed E-state index contributed by atoms with van der Waals surface area (Å²) in [5.74, 6) is 1.19. The molecule has 0 spiro atoms. The molecule has 0 aromatic carbocycles. The lowest BCUT2D eigenvalue weighted by Crippen LogP contribution is -2.35. The van der Waals surface area contributed by atoms with Gasteiger partial charge in [-0.3, -0.25) is 4.79 Å². The van der Waals surface area contributed by atoms with E-state index in [1.54, 1.807) is 0 Å². The van der Waals surface area contributed by atoms with Gasteiger partial charge in [0.2, 0.25) is 5.91 Å². The van der Waals surface area contributed by atoms with Crippen molar-refractivity contribution in [2.24, 2.45) is 11.8 Å². The summed E-state index contributed by atoms with van der Waals surface area (Å²) < 4.78 is 11.1. The molecule has 2 saturated heterocycles. The molecule has 0 N–H and O–H groups in total. The van der Waals surface area contributed by atoms with Gasteiger partial charge in [-0.1, -0.05) is 0 Å². The summed E-state index contributed by atoms with van der Waals surface area (Å²) in [4.78, 5) is 14.1. The van der Waals surface area contributed by atoms with Crippen molar-refractivity contribution >= 4 is 5.91 Å². The predicted molar refractivity (Wildman–Crippen MR) is 62.6 cm³/mol. The van der Waals surface area contributed by atoms with E-state index < -0.39 is 0 Å². The van der Waals surface area contributed by atoms with Gasteiger partial charge in [-0.15, -0.1) is 0 Å². The fraction of sp³-hybridized carbons (Fsp3) is 0.923. The average Bonchev–Trinajstić information content (AvgIpc) is 2.86. The van der Waals surface area contributed by atoms with Crippen molar-refractivity contribution in [3.8, 4) is 0 Å². The molecule has 0 aromatic rings. The maximum Gasteiger partial charge on any atom is 0.228 e. The van der Waals surface area contributed by atoms with Gasteiger partial charge >= 0.3 is 0 Å². The molecule has 0 radical (unpaired) electrons. The lowest BCUT2D eigenvalue weighted by molar-refractivity contribution is -0.134. The molecule has 3 rings (SSSR count). The lowest BCUT2D eigenvalue weighted by atomic mass is 10.1. The number of likely N-dealkylation sites (tertiary alicyclic amines) is 1. The molecule has 96 valence electrons. The molecule has 3 aliphatic rings. The van der Waals surface area contributed by atoms with Crippen LogP contribution < -0.4 is 0 Å². The number of rotatable bonds is 4. The molecule has 0 aromatic heterocycles. The smallest absolute Gasteiger partial charge is 0.228 e. The molecule has 0 unspecified atom stereocenters. The SMILES string of the molecule is O=C([C@@H]1CCOC1)N1CC[C@@H](OCC2CC2)C1. The van der Waals surface area contributed by atoms with Crippen LogP contribution in [-0.2, 0) is 14.3 Å². The zero-order valence-electron chi connectivity index (χ0n) is 10.3. The van der Waals surface area contributed by atoms with E-state index in [2.05, 4.69) is 0 Å². The Morgan fingerprint density at radius 3 is 2.88 bits per heavy atom. The molecule has 4 heteroatoms. The molecular formula is C13H21NO3. The molecule has 3 fully saturated rings. The highest BCUT2D eigenvalue weighted by Crippen LogP contribution is 2.30. The summed E-state index contributed by atoms with van der Waals surface area (Å²) >= 11 is 0. The monoisotopic (exact) mass is 239 g/mol. The quantitative estimate of drug-likeness (QED) is 0.736. The Labute approximate surface area is 102 Å². The third kappa shape index (κ3) is 2.80. The van der Waals surface area contributed by atoms with Crippen LogP contribution in [0.2, 0.25) is 0 Å². The minimum atomic E-state index is 0.109. The summed E-state index contributed by atoms with van der Waals surface area (Å²) in [6, 6.07) is 0. The van der Waals surface area contributed by atoms with Crippen molar-refractivity contribution in [1.82, 2.24) is 4.90 Å². The first-order chi connectivity index (χ1) is 8.33. The van der Waals surface area contributed by atoms with Crippen molar-refractivity contribution in [2.45, 2.75) is 31.8 Å². The van der Waals surface area contributed by atoms with Gasteiger partial charge in [0, 0.05) is 26.3 Å².